The molecule has 156 valence electrons. The first-order valence-corrected chi connectivity index (χ1v) is 11.7. The number of carbonyl (C=O) groups is 1. The maximum absolute atomic E-state index is 12.8. The van der Waals surface area contributed by atoms with Crippen molar-refractivity contribution in [1.82, 2.24) is 9.88 Å². The van der Waals surface area contributed by atoms with E-state index >= 15 is 0 Å². The fourth-order valence-corrected chi connectivity index (χ4v) is 4.98. The Morgan fingerprint density at radius 2 is 1.80 bits per heavy atom. The smallest absolute Gasteiger partial charge is 0.253 e. The molecule has 0 unspecified atom stereocenters. The molecule has 1 aliphatic rings. The summed E-state index contributed by atoms with van der Waals surface area (Å²) in [4.78, 5) is 20.4. The molecule has 2 aromatic heterocycles. The zero-order valence-electron chi connectivity index (χ0n) is 17.7. The number of aromatic nitrogens is 1. The van der Waals surface area contributed by atoms with E-state index in [1.54, 1.807) is 11.3 Å². The molecule has 3 heterocycles. The molecule has 0 atom stereocenters. The number of hydrogen-bond donors (Lipinski definition) is 0. The number of piperidine rings is 1. The SMILES string of the molecule is CC(C)(C)c1cc(-c2cc(-c3ccc(C(=O)N4CCCCC4)cc3Cl)cs2)ccn1. The minimum absolute atomic E-state index is 0.0101. The van der Waals surface area contributed by atoms with Crippen LogP contribution in [0.2, 0.25) is 5.02 Å². The van der Waals surface area contributed by atoms with Gasteiger partial charge in [-0.25, -0.2) is 0 Å². The van der Waals surface area contributed by atoms with Crippen molar-refractivity contribution in [2.24, 2.45) is 0 Å². The molecule has 5 heteroatoms. The van der Waals surface area contributed by atoms with Gasteiger partial charge in [-0.3, -0.25) is 9.78 Å². The molecule has 1 aliphatic heterocycles. The summed E-state index contributed by atoms with van der Waals surface area (Å²) in [5, 5.41) is 2.74. The lowest BCUT2D eigenvalue weighted by Gasteiger charge is -2.26. The second kappa shape index (κ2) is 8.52. The van der Waals surface area contributed by atoms with Gasteiger partial charge < -0.3 is 4.90 Å². The van der Waals surface area contributed by atoms with Gasteiger partial charge in [-0.1, -0.05) is 38.4 Å². The Morgan fingerprint density at radius 1 is 1.03 bits per heavy atom. The molecule has 0 bridgehead atoms. The first-order valence-electron chi connectivity index (χ1n) is 10.5. The van der Waals surface area contributed by atoms with Crippen LogP contribution in [0.15, 0.2) is 48.0 Å². The molecule has 0 N–H and O–H groups in total. The van der Waals surface area contributed by atoms with Gasteiger partial charge in [0.1, 0.15) is 0 Å². The van der Waals surface area contributed by atoms with Gasteiger partial charge in [0.05, 0.1) is 0 Å². The Morgan fingerprint density at radius 3 is 2.50 bits per heavy atom. The van der Waals surface area contributed by atoms with E-state index in [1.165, 1.54) is 16.9 Å². The molecule has 1 amide bonds. The van der Waals surface area contributed by atoms with E-state index in [4.69, 9.17) is 11.6 Å². The van der Waals surface area contributed by atoms with Crippen molar-refractivity contribution in [1.29, 1.82) is 0 Å². The van der Waals surface area contributed by atoms with Crippen LogP contribution >= 0.6 is 22.9 Å². The number of thiophene rings is 1. The van der Waals surface area contributed by atoms with Crippen LogP contribution in [0.5, 0.6) is 0 Å². The number of nitrogens with zero attached hydrogens (tertiary/aromatic N) is 2. The summed E-state index contributed by atoms with van der Waals surface area (Å²) in [5.74, 6) is 0.0839. The van der Waals surface area contributed by atoms with Crippen LogP contribution in [0.1, 0.15) is 56.1 Å². The van der Waals surface area contributed by atoms with Crippen molar-refractivity contribution in [3.63, 3.8) is 0 Å². The Labute approximate surface area is 187 Å². The fourth-order valence-electron chi connectivity index (χ4n) is 3.78. The molecular weight excluding hydrogens is 412 g/mol. The van der Waals surface area contributed by atoms with Gasteiger partial charge >= 0.3 is 0 Å². The molecule has 0 aliphatic carbocycles. The minimum Gasteiger partial charge on any atom is -0.339 e. The summed E-state index contributed by atoms with van der Waals surface area (Å²) in [7, 11) is 0. The third kappa shape index (κ3) is 4.45. The summed E-state index contributed by atoms with van der Waals surface area (Å²) >= 11 is 8.31. The Hall–Kier alpha value is -2.17. The highest BCUT2D eigenvalue weighted by atomic mass is 35.5. The maximum Gasteiger partial charge on any atom is 0.253 e. The van der Waals surface area contributed by atoms with Crippen molar-refractivity contribution >= 4 is 28.8 Å². The van der Waals surface area contributed by atoms with Gasteiger partial charge in [0.2, 0.25) is 0 Å². The highest BCUT2D eigenvalue weighted by Crippen LogP contribution is 2.37. The molecule has 1 saturated heterocycles. The van der Waals surface area contributed by atoms with Crippen LogP contribution in [-0.4, -0.2) is 28.9 Å². The van der Waals surface area contributed by atoms with E-state index in [1.807, 2.05) is 35.4 Å². The predicted octanol–water partition coefficient (Wildman–Crippen LogP) is 7.05. The van der Waals surface area contributed by atoms with E-state index in [-0.39, 0.29) is 11.3 Å². The number of halogens is 1. The number of carbonyl (C=O) groups excluding carboxylic acids is 1. The van der Waals surface area contributed by atoms with Crippen LogP contribution < -0.4 is 0 Å². The summed E-state index contributed by atoms with van der Waals surface area (Å²) in [5.41, 5.74) is 4.96. The van der Waals surface area contributed by atoms with Crippen LogP contribution in [0.3, 0.4) is 0 Å². The largest absolute Gasteiger partial charge is 0.339 e. The number of benzene rings is 1. The maximum atomic E-state index is 12.8. The van der Waals surface area contributed by atoms with Gasteiger partial charge in [0.25, 0.3) is 5.91 Å². The van der Waals surface area contributed by atoms with E-state index in [0.29, 0.717) is 10.6 Å². The van der Waals surface area contributed by atoms with Crippen LogP contribution in [0.4, 0.5) is 0 Å². The molecule has 0 spiro atoms. The molecular formula is C25H27ClN2OS. The minimum atomic E-state index is 0.0101. The number of amides is 1. The van der Waals surface area contributed by atoms with Crippen LogP contribution in [-0.2, 0) is 5.41 Å². The third-order valence-corrected chi connectivity index (χ3v) is 6.87. The molecule has 0 saturated carbocycles. The molecule has 1 fully saturated rings. The van der Waals surface area contributed by atoms with Crippen LogP contribution in [0, 0.1) is 0 Å². The van der Waals surface area contributed by atoms with Gasteiger partial charge in [-0.05, 0) is 66.1 Å². The molecule has 3 aromatic rings. The van der Waals surface area contributed by atoms with E-state index in [9.17, 15) is 4.79 Å². The number of pyridine rings is 1. The zero-order chi connectivity index (χ0) is 21.3. The number of rotatable bonds is 3. The van der Waals surface area contributed by atoms with E-state index in [0.717, 1.165) is 42.8 Å². The molecule has 0 radical (unpaired) electrons. The van der Waals surface area contributed by atoms with Crippen LogP contribution in [0.25, 0.3) is 21.6 Å². The third-order valence-electron chi connectivity index (χ3n) is 5.58. The van der Waals surface area contributed by atoms with Gasteiger partial charge in [-0.15, -0.1) is 11.3 Å². The van der Waals surface area contributed by atoms with Gasteiger partial charge in [-0.2, -0.15) is 0 Å². The average Bonchev–Trinajstić information content (AvgIpc) is 3.23. The zero-order valence-corrected chi connectivity index (χ0v) is 19.3. The summed E-state index contributed by atoms with van der Waals surface area (Å²) < 4.78 is 0. The molecule has 4 rings (SSSR count). The summed E-state index contributed by atoms with van der Waals surface area (Å²) in [6.45, 7) is 8.20. The highest BCUT2D eigenvalue weighted by Gasteiger charge is 2.20. The fraction of sp³-hybridized carbons (Fsp3) is 0.360. The number of hydrogen-bond acceptors (Lipinski definition) is 3. The standard InChI is InChI=1S/C25H27ClN2OS/c1-25(2,3)23-15-17(9-10-27-23)22-14-19(16-30-22)20-8-7-18(13-21(20)26)24(29)28-11-5-4-6-12-28/h7-10,13-16H,4-6,11-12H2,1-3H3. The molecule has 30 heavy (non-hydrogen) atoms. The lowest BCUT2D eigenvalue weighted by atomic mass is 9.90. The second-order valence-corrected chi connectivity index (χ2v) is 10.2. The molecule has 1 aromatic carbocycles. The lowest BCUT2D eigenvalue weighted by Crippen LogP contribution is -2.35. The van der Waals surface area contributed by atoms with Crippen molar-refractivity contribution in [3.8, 4) is 21.6 Å². The highest BCUT2D eigenvalue weighted by molar-refractivity contribution is 7.14. The summed E-state index contributed by atoms with van der Waals surface area (Å²) in [6, 6.07) is 12.1. The lowest BCUT2D eigenvalue weighted by molar-refractivity contribution is 0.0724. The Balaban J connectivity index is 1.58. The molecule has 3 nitrogen and oxygen atoms in total. The predicted molar refractivity (Wildman–Crippen MR) is 126 cm³/mol. The van der Waals surface area contributed by atoms with Crippen molar-refractivity contribution < 1.29 is 4.79 Å². The summed E-state index contributed by atoms with van der Waals surface area (Å²) in [6.07, 6.45) is 5.25. The monoisotopic (exact) mass is 438 g/mol. The van der Waals surface area contributed by atoms with Gasteiger partial charge in [0, 0.05) is 51.4 Å². The Kier molecular flexibility index (Phi) is 5.99. The van der Waals surface area contributed by atoms with E-state index in [2.05, 4.69) is 43.3 Å². The van der Waals surface area contributed by atoms with Gasteiger partial charge in [0.15, 0.2) is 0 Å². The Bertz CT molecular complexity index is 1060. The van der Waals surface area contributed by atoms with Crippen molar-refractivity contribution in [3.05, 3.63) is 64.3 Å². The second-order valence-electron chi connectivity index (χ2n) is 8.93. The van der Waals surface area contributed by atoms with Crippen molar-refractivity contribution in [2.45, 2.75) is 45.4 Å². The normalized spacial score (nSPS) is 14.7. The van der Waals surface area contributed by atoms with E-state index < -0.39 is 0 Å². The quantitative estimate of drug-likeness (QED) is 0.438. The number of likely N-dealkylation sites (tertiary alicyclic amines) is 1. The van der Waals surface area contributed by atoms with Crippen molar-refractivity contribution in [2.75, 3.05) is 13.1 Å². The topological polar surface area (TPSA) is 33.2 Å². The first kappa shape index (κ1) is 21.1. The average molecular weight is 439 g/mol. The first-order chi connectivity index (χ1) is 14.3.